The Hall–Kier alpha value is -1.76. The lowest BCUT2D eigenvalue weighted by atomic mass is 10.0. The number of allylic oxidation sites excluding steroid dienone is 5. The van der Waals surface area contributed by atoms with Gasteiger partial charge in [0.15, 0.2) is 0 Å². The first-order chi connectivity index (χ1) is 8.76. The van der Waals surface area contributed by atoms with Crippen LogP contribution < -0.4 is 5.73 Å². The minimum atomic E-state index is 1.09. The van der Waals surface area contributed by atoms with Gasteiger partial charge >= 0.3 is 0 Å². The molecule has 96 valence electrons. The largest absolute Gasteiger partial charge is 0.404 e. The number of rotatable bonds is 6. The number of aryl methyl sites for hydroxylation is 1. The van der Waals surface area contributed by atoms with Crippen molar-refractivity contribution in [1.82, 2.24) is 0 Å². The van der Waals surface area contributed by atoms with Gasteiger partial charge in [0, 0.05) is 0 Å². The van der Waals surface area contributed by atoms with E-state index in [0.717, 1.165) is 24.8 Å². The summed E-state index contributed by atoms with van der Waals surface area (Å²) in [6, 6.07) is 10.6. The smallest absolute Gasteiger partial charge is 0.00324 e. The molecule has 0 radical (unpaired) electrons. The molecule has 1 nitrogen and oxygen atoms in total. The van der Waals surface area contributed by atoms with E-state index in [1.54, 1.807) is 6.20 Å². The van der Waals surface area contributed by atoms with Gasteiger partial charge in [-0.2, -0.15) is 0 Å². The number of hydrogen-bond donors (Lipinski definition) is 1. The van der Waals surface area contributed by atoms with Gasteiger partial charge in [-0.25, -0.2) is 0 Å². The van der Waals surface area contributed by atoms with E-state index in [2.05, 4.69) is 48.6 Å². The Bertz CT molecular complexity index is 424. The molecule has 0 saturated carbocycles. The fraction of sp³-hybridized carbons (Fsp3) is 0.294. The van der Waals surface area contributed by atoms with Crippen molar-refractivity contribution in [2.75, 3.05) is 0 Å². The molecular weight excluding hydrogens is 218 g/mol. The Morgan fingerprint density at radius 3 is 2.56 bits per heavy atom. The highest BCUT2D eigenvalue weighted by atomic mass is 14.5. The molecule has 2 N–H and O–H groups in total. The minimum absolute atomic E-state index is 1.09. The van der Waals surface area contributed by atoms with Gasteiger partial charge < -0.3 is 5.73 Å². The highest BCUT2D eigenvalue weighted by Gasteiger charge is 1.96. The summed E-state index contributed by atoms with van der Waals surface area (Å²) in [5, 5.41) is 0. The maximum absolute atomic E-state index is 5.51. The summed E-state index contributed by atoms with van der Waals surface area (Å²) in [6.45, 7) is 4.08. The molecule has 0 fully saturated rings. The molecule has 0 aliphatic heterocycles. The third-order valence-corrected chi connectivity index (χ3v) is 2.83. The van der Waals surface area contributed by atoms with Crippen LogP contribution in [0.5, 0.6) is 0 Å². The van der Waals surface area contributed by atoms with Crippen LogP contribution >= 0.6 is 0 Å². The molecule has 1 heteroatoms. The molecule has 0 heterocycles. The van der Waals surface area contributed by atoms with Crippen LogP contribution in [0.15, 0.2) is 65.9 Å². The van der Waals surface area contributed by atoms with E-state index >= 15 is 0 Å². The molecule has 1 aromatic rings. The van der Waals surface area contributed by atoms with Gasteiger partial charge in [-0.05, 0) is 56.0 Å². The zero-order chi connectivity index (χ0) is 13.2. The van der Waals surface area contributed by atoms with Crippen molar-refractivity contribution in [2.45, 2.75) is 33.1 Å². The highest BCUT2D eigenvalue weighted by Crippen LogP contribution is 2.13. The van der Waals surface area contributed by atoms with Gasteiger partial charge in [-0.3, -0.25) is 0 Å². The Morgan fingerprint density at radius 1 is 1.22 bits per heavy atom. The van der Waals surface area contributed by atoms with Crippen LogP contribution in [-0.4, -0.2) is 0 Å². The van der Waals surface area contributed by atoms with Gasteiger partial charge in [0.25, 0.3) is 0 Å². The van der Waals surface area contributed by atoms with E-state index in [1.807, 2.05) is 13.8 Å². The molecule has 0 aliphatic rings. The van der Waals surface area contributed by atoms with Gasteiger partial charge in [0.1, 0.15) is 0 Å². The molecule has 0 aromatic heterocycles. The lowest BCUT2D eigenvalue weighted by Gasteiger charge is -2.04. The number of benzene rings is 1. The Balaban J connectivity index is 2.51. The molecule has 1 rings (SSSR count). The third kappa shape index (κ3) is 5.53. The Labute approximate surface area is 111 Å². The van der Waals surface area contributed by atoms with E-state index in [9.17, 15) is 0 Å². The van der Waals surface area contributed by atoms with Crippen LogP contribution in [0.2, 0.25) is 0 Å². The van der Waals surface area contributed by atoms with Gasteiger partial charge in [-0.15, -0.1) is 0 Å². The molecule has 0 bridgehead atoms. The van der Waals surface area contributed by atoms with Crippen LogP contribution in [0.25, 0.3) is 0 Å². The Morgan fingerprint density at radius 2 is 1.94 bits per heavy atom. The number of hydrogen-bond acceptors (Lipinski definition) is 1. The zero-order valence-electron chi connectivity index (χ0n) is 11.4. The molecular formula is C17H23N. The fourth-order valence-electron chi connectivity index (χ4n) is 1.90. The van der Waals surface area contributed by atoms with Crippen LogP contribution in [0.3, 0.4) is 0 Å². The summed E-state index contributed by atoms with van der Waals surface area (Å²) in [4.78, 5) is 0. The van der Waals surface area contributed by atoms with E-state index in [4.69, 9.17) is 5.73 Å². The first kappa shape index (κ1) is 14.3. The van der Waals surface area contributed by atoms with Crippen LogP contribution in [0.4, 0.5) is 0 Å². The summed E-state index contributed by atoms with van der Waals surface area (Å²) in [6.07, 6.45) is 11.4. The molecule has 1 aromatic carbocycles. The first-order valence-corrected chi connectivity index (χ1v) is 6.52. The van der Waals surface area contributed by atoms with Crippen molar-refractivity contribution in [3.8, 4) is 0 Å². The summed E-state index contributed by atoms with van der Waals surface area (Å²) in [7, 11) is 0. The number of nitrogens with two attached hydrogens (primary N) is 1. The van der Waals surface area contributed by atoms with Gasteiger partial charge in [-0.1, -0.05) is 48.6 Å². The van der Waals surface area contributed by atoms with E-state index in [1.165, 1.54) is 11.1 Å². The maximum atomic E-state index is 5.51. The normalized spacial score (nSPS) is 13.2. The molecule has 0 aliphatic carbocycles. The van der Waals surface area contributed by atoms with Crippen LogP contribution in [-0.2, 0) is 6.42 Å². The molecule has 0 spiro atoms. The minimum Gasteiger partial charge on any atom is -0.404 e. The quantitative estimate of drug-likeness (QED) is 0.735. The summed E-state index contributed by atoms with van der Waals surface area (Å²) in [5.41, 5.74) is 9.37. The van der Waals surface area contributed by atoms with Crippen molar-refractivity contribution in [2.24, 2.45) is 5.73 Å². The van der Waals surface area contributed by atoms with Crippen molar-refractivity contribution >= 4 is 0 Å². The zero-order valence-corrected chi connectivity index (χ0v) is 11.4. The fourth-order valence-corrected chi connectivity index (χ4v) is 1.90. The predicted molar refractivity (Wildman–Crippen MR) is 80.2 cm³/mol. The predicted octanol–water partition coefficient (Wildman–Crippen LogP) is 4.37. The monoisotopic (exact) mass is 241 g/mol. The third-order valence-electron chi connectivity index (χ3n) is 2.83. The second-order valence-electron chi connectivity index (χ2n) is 4.47. The average Bonchev–Trinajstić information content (AvgIpc) is 2.40. The molecule has 0 atom stereocenters. The standard InChI is InChI=1S/C17H23N/c1-3-8-17(13-15(2)14-18)12-7-11-16-9-5-4-6-10-16/h3-6,8-10,13-14H,7,11-12,18H2,1-2H3/b8-3-,15-14-,17-13-. The summed E-state index contributed by atoms with van der Waals surface area (Å²) >= 11 is 0. The van der Waals surface area contributed by atoms with Crippen molar-refractivity contribution < 1.29 is 0 Å². The Kier molecular flexibility index (Phi) is 6.63. The highest BCUT2D eigenvalue weighted by molar-refractivity contribution is 5.28. The average molecular weight is 241 g/mol. The lowest BCUT2D eigenvalue weighted by molar-refractivity contribution is 0.823. The molecule has 0 amide bonds. The van der Waals surface area contributed by atoms with Crippen molar-refractivity contribution in [3.05, 3.63) is 71.5 Å². The topological polar surface area (TPSA) is 26.0 Å². The molecule has 18 heavy (non-hydrogen) atoms. The second kappa shape index (κ2) is 8.35. The van der Waals surface area contributed by atoms with Crippen molar-refractivity contribution in [1.29, 1.82) is 0 Å². The SMILES string of the molecule is C\C=C/C(=C/C(C)=C\N)CCCc1ccccc1. The van der Waals surface area contributed by atoms with Gasteiger partial charge in [0.05, 0.1) is 0 Å². The van der Waals surface area contributed by atoms with Crippen molar-refractivity contribution in [3.63, 3.8) is 0 Å². The van der Waals surface area contributed by atoms with E-state index in [0.29, 0.717) is 0 Å². The first-order valence-electron chi connectivity index (χ1n) is 6.52. The molecule has 0 unspecified atom stereocenters. The maximum Gasteiger partial charge on any atom is -0.00324 e. The van der Waals surface area contributed by atoms with E-state index in [-0.39, 0.29) is 0 Å². The van der Waals surface area contributed by atoms with Crippen LogP contribution in [0.1, 0.15) is 32.3 Å². The van der Waals surface area contributed by atoms with E-state index < -0.39 is 0 Å². The summed E-state index contributed by atoms with van der Waals surface area (Å²) in [5.74, 6) is 0. The summed E-state index contributed by atoms with van der Waals surface area (Å²) < 4.78 is 0. The molecule has 0 saturated heterocycles. The second-order valence-corrected chi connectivity index (χ2v) is 4.47. The van der Waals surface area contributed by atoms with Gasteiger partial charge in [0.2, 0.25) is 0 Å². The van der Waals surface area contributed by atoms with Crippen LogP contribution in [0, 0.1) is 0 Å². The lowest BCUT2D eigenvalue weighted by Crippen LogP contribution is -1.88.